The molecule has 266 valence electrons. The van der Waals surface area contributed by atoms with Crippen LogP contribution in [0.15, 0.2) is 101 Å². The Morgan fingerprint density at radius 3 is 2.27 bits per heavy atom. The Labute approximate surface area is 296 Å². The number of amides is 2. The maximum atomic E-state index is 14.2. The van der Waals surface area contributed by atoms with Gasteiger partial charge in [-0.15, -0.1) is 5.10 Å². The number of nitrogens with one attached hydrogen (secondary N) is 2. The zero-order valence-corrected chi connectivity index (χ0v) is 29.1. The van der Waals surface area contributed by atoms with Crippen LogP contribution in [0, 0.1) is 0 Å². The van der Waals surface area contributed by atoms with E-state index in [0.717, 1.165) is 23.2 Å². The number of nitrogens with zero attached hydrogens (tertiary/aromatic N) is 3. The topological polar surface area (TPSA) is 132 Å². The van der Waals surface area contributed by atoms with Crippen molar-refractivity contribution >= 4 is 39.1 Å². The number of aromatic nitrogens is 3. The van der Waals surface area contributed by atoms with Crippen molar-refractivity contribution in [2.45, 2.75) is 57.1 Å². The molecule has 2 N–H and O–H groups in total. The summed E-state index contributed by atoms with van der Waals surface area (Å²) in [7, 11) is -4.35. The van der Waals surface area contributed by atoms with E-state index in [9.17, 15) is 36.0 Å². The molecule has 51 heavy (non-hydrogen) atoms. The minimum Gasteiger partial charge on any atom is -0.326 e. The summed E-state index contributed by atoms with van der Waals surface area (Å²) >= 11 is 6.08. The van der Waals surface area contributed by atoms with E-state index in [1.165, 1.54) is 34.9 Å². The van der Waals surface area contributed by atoms with Gasteiger partial charge in [0.1, 0.15) is 5.82 Å². The predicted molar refractivity (Wildman–Crippen MR) is 187 cm³/mol. The lowest BCUT2D eigenvalue weighted by atomic mass is 10.0. The SMILES string of the molecule is CCCCc1nn(-c2ccc(NC(=O)CC)cc2C(F)(F)F)c(=O)n1Cc1ccc(-c2ccccc2S(=O)(=O)NC(=O)c2ccccc2Cl)cc1. The number of alkyl halides is 3. The van der Waals surface area contributed by atoms with Crippen molar-refractivity contribution < 1.29 is 31.2 Å². The first kappa shape index (κ1) is 37.1. The Balaban J connectivity index is 1.47. The summed E-state index contributed by atoms with van der Waals surface area (Å²) in [6, 6.07) is 21.9. The highest BCUT2D eigenvalue weighted by Gasteiger charge is 2.36. The Hall–Kier alpha value is -5.21. The molecule has 0 bridgehead atoms. The van der Waals surface area contributed by atoms with Gasteiger partial charge in [0.15, 0.2) is 0 Å². The Bertz CT molecular complexity index is 2250. The average molecular weight is 740 g/mol. The smallest absolute Gasteiger partial charge is 0.326 e. The van der Waals surface area contributed by atoms with E-state index in [0.29, 0.717) is 29.5 Å². The third-order valence-electron chi connectivity index (χ3n) is 7.96. The summed E-state index contributed by atoms with van der Waals surface area (Å²) in [5, 5.41) is 6.82. The summed E-state index contributed by atoms with van der Waals surface area (Å²) in [5.74, 6) is -1.07. The lowest BCUT2D eigenvalue weighted by Gasteiger charge is -2.14. The van der Waals surface area contributed by atoms with Gasteiger partial charge in [-0.1, -0.05) is 86.5 Å². The number of rotatable bonds is 12. The molecule has 0 unspecified atom stereocenters. The van der Waals surface area contributed by atoms with E-state index < -0.39 is 45.0 Å². The molecule has 4 aromatic carbocycles. The van der Waals surface area contributed by atoms with Crippen LogP contribution in [0.2, 0.25) is 5.02 Å². The van der Waals surface area contributed by atoms with Gasteiger partial charge in [0, 0.05) is 24.1 Å². The number of hydrogen-bond acceptors (Lipinski definition) is 6. The van der Waals surface area contributed by atoms with E-state index in [4.69, 9.17) is 11.6 Å². The normalized spacial score (nSPS) is 11.7. The molecule has 0 fully saturated rings. The summed E-state index contributed by atoms with van der Waals surface area (Å²) in [5.41, 5.74) is -1.08. The van der Waals surface area contributed by atoms with Gasteiger partial charge in [0.05, 0.1) is 33.3 Å². The second-order valence-electron chi connectivity index (χ2n) is 11.5. The number of anilines is 1. The number of halogens is 4. The first-order valence-corrected chi connectivity index (χ1v) is 17.8. The minimum absolute atomic E-state index is 0.00596. The van der Waals surface area contributed by atoms with Crippen molar-refractivity contribution in [2.24, 2.45) is 0 Å². The summed E-state index contributed by atoms with van der Waals surface area (Å²) in [6.07, 6.45) is -3.08. The summed E-state index contributed by atoms with van der Waals surface area (Å²) in [4.78, 5) is 38.2. The van der Waals surface area contributed by atoms with Crippen molar-refractivity contribution in [3.8, 4) is 16.8 Å². The van der Waals surface area contributed by atoms with Crippen LogP contribution in [-0.2, 0) is 34.0 Å². The highest BCUT2D eigenvalue weighted by atomic mass is 35.5. The molecular weight excluding hydrogens is 707 g/mol. The maximum Gasteiger partial charge on any atom is 0.418 e. The molecule has 0 saturated carbocycles. The quantitative estimate of drug-likeness (QED) is 0.139. The molecule has 1 aromatic heterocycles. The van der Waals surface area contributed by atoms with Crippen molar-refractivity contribution in [2.75, 3.05) is 5.32 Å². The van der Waals surface area contributed by atoms with E-state index >= 15 is 0 Å². The second kappa shape index (κ2) is 15.4. The highest BCUT2D eigenvalue weighted by molar-refractivity contribution is 7.90. The molecule has 0 aliphatic rings. The molecule has 5 aromatic rings. The van der Waals surface area contributed by atoms with E-state index in [-0.39, 0.29) is 40.0 Å². The van der Waals surface area contributed by atoms with Crippen LogP contribution < -0.4 is 15.7 Å². The Kier molecular flexibility index (Phi) is 11.2. The third-order valence-corrected chi connectivity index (χ3v) is 9.67. The summed E-state index contributed by atoms with van der Waals surface area (Å²) in [6.45, 7) is 3.47. The molecule has 2 amide bonds. The molecule has 0 aliphatic heterocycles. The molecule has 0 aliphatic carbocycles. The van der Waals surface area contributed by atoms with Gasteiger partial charge < -0.3 is 5.32 Å². The zero-order valence-electron chi connectivity index (χ0n) is 27.5. The van der Waals surface area contributed by atoms with Gasteiger partial charge in [0.2, 0.25) is 5.91 Å². The molecule has 10 nitrogen and oxygen atoms in total. The first-order chi connectivity index (χ1) is 24.2. The second-order valence-corrected chi connectivity index (χ2v) is 13.6. The molecular formula is C36H33ClF3N5O5S. The Morgan fingerprint density at radius 2 is 1.61 bits per heavy atom. The largest absolute Gasteiger partial charge is 0.418 e. The maximum absolute atomic E-state index is 14.2. The third kappa shape index (κ3) is 8.40. The monoisotopic (exact) mass is 739 g/mol. The van der Waals surface area contributed by atoms with Gasteiger partial charge in [-0.3, -0.25) is 14.2 Å². The van der Waals surface area contributed by atoms with Crippen molar-refractivity contribution in [3.63, 3.8) is 0 Å². The van der Waals surface area contributed by atoms with Crippen LogP contribution in [0.1, 0.15) is 60.4 Å². The van der Waals surface area contributed by atoms with E-state index in [1.54, 1.807) is 55.5 Å². The fourth-order valence-electron chi connectivity index (χ4n) is 5.34. The van der Waals surface area contributed by atoms with Gasteiger partial charge in [-0.05, 0) is 53.9 Å². The Morgan fingerprint density at radius 1 is 0.922 bits per heavy atom. The van der Waals surface area contributed by atoms with Crippen LogP contribution in [0.4, 0.5) is 18.9 Å². The van der Waals surface area contributed by atoms with Gasteiger partial charge in [-0.2, -0.15) is 17.9 Å². The molecule has 1 heterocycles. The van der Waals surface area contributed by atoms with E-state index in [2.05, 4.69) is 15.1 Å². The van der Waals surface area contributed by atoms with Gasteiger partial charge in [0.25, 0.3) is 15.9 Å². The fourth-order valence-corrected chi connectivity index (χ4v) is 6.76. The van der Waals surface area contributed by atoms with Crippen LogP contribution >= 0.6 is 11.6 Å². The number of unbranched alkanes of at least 4 members (excludes halogenated alkanes) is 1. The molecule has 0 saturated heterocycles. The molecule has 0 radical (unpaired) electrons. The number of carbonyl (C=O) groups is 2. The fraction of sp³-hybridized carbons (Fsp3) is 0.222. The number of benzene rings is 4. The standard InChI is InChI=1S/C36H33ClF3N5O5S/c1-3-5-14-32-42-45(30-20-19-25(41-33(46)4-2)21-28(30)36(38,39)40)35(48)44(32)22-23-15-17-24(18-16-23)26-10-7-9-13-31(26)51(49,50)43-34(47)27-11-6-8-12-29(27)37/h6-13,15-21H,3-5,14,22H2,1-2H3,(H,41,46)(H,43,47). The minimum atomic E-state index is -4.86. The van der Waals surface area contributed by atoms with Crippen molar-refractivity contribution in [3.05, 3.63) is 129 Å². The summed E-state index contributed by atoms with van der Waals surface area (Å²) < 4.78 is 73.5. The van der Waals surface area contributed by atoms with Crippen molar-refractivity contribution in [1.29, 1.82) is 0 Å². The molecule has 15 heteroatoms. The van der Waals surface area contributed by atoms with E-state index in [1.807, 2.05) is 6.92 Å². The lowest BCUT2D eigenvalue weighted by molar-refractivity contribution is -0.137. The van der Waals surface area contributed by atoms with Crippen LogP contribution in [-0.4, -0.2) is 34.6 Å². The molecule has 5 rings (SSSR count). The lowest BCUT2D eigenvalue weighted by Crippen LogP contribution is -2.31. The number of carbonyl (C=O) groups excluding carboxylic acids is 2. The molecule has 0 atom stereocenters. The average Bonchev–Trinajstić information content (AvgIpc) is 3.41. The van der Waals surface area contributed by atoms with Crippen LogP contribution in [0.5, 0.6) is 0 Å². The van der Waals surface area contributed by atoms with Crippen molar-refractivity contribution in [1.82, 2.24) is 19.1 Å². The number of hydrogen-bond donors (Lipinski definition) is 2. The van der Waals surface area contributed by atoms with Gasteiger partial charge in [-0.25, -0.2) is 17.9 Å². The molecule has 0 spiro atoms. The van der Waals surface area contributed by atoms with Crippen LogP contribution in [0.3, 0.4) is 0 Å². The number of aryl methyl sites for hydroxylation is 1. The zero-order chi connectivity index (χ0) is 36.9. The highest BCUT2D eigenvalue weighted by Crippen LogP contribution is 2.35. The number of sulfonamides is 1. The predicted octanol–water partition coefficient (Wildman–Crippen LogP) is 7.23. The first-order valence-electron chi connectivity index (χ1n) is 15.9. The van der Waals surface area contributed by atoms with Gasteiger partial charge >= 0.3 is 11.9 Å². The van der Waals surface area contributed by atoms with Crippen LogP contribution in [0.25, 0.3) is 16.8 Å².